The number of primary amides is 1. The Hall–Kier alpha value is -4.58. The lowest BCUT2D eigenvalue weighted by Crippen LogP contribution is -2.46. The van der Waals surface area contributed by atoms with Crippen LogP contribution in [0.25, 0.3) is 6.08 Å². The van der Waals surface area contributed by atoms with E-state index in [0.717, 1.165) is 0 Å². The molecule has 3 heterocycles. The normalized spacial score (nSPS) is 20.8. The highest BCUT2D eigenvalue weighted by molar-refractivity contribution is 5.98. The number of nitrogens with two attached hydrogens (primary N) is 1. The Morgan fingerprint density at radius 2 is 1.79 bits per heavy atom. The monoisotopic (exact) mass is 649 g/mol. The van der Waals surface area contributed by atoms with Crippen molar-refractivity contribution in [2.24, 2.45) is 5.73 Å². The van der Waals surface area contributed by atoms with Crippen LogP contribution in [-0.4, -0.2) is 77.3 Å². The highest BCUT2D eigenvalue weighted by Crippen LogP contribution is 2.46. The highest BCUT2D eigenvalue weighted by atomic mass is 16.7. The Bertz CT molecular complexity index is 1530. The Labute approximate surface area is 273 Å². The maximum atomic E-state index is 13.6. The summed E-state index contributed by atoms with van der Waals surface area (Å²) in [6, 6.07) is 6.41. The fourth-order valence-electron chi connectivity index (χ4n) is 6.46. The number of rotatable bonds is 7. The third kappa shape index (κ3) is 8.62. The number of amides is 2. The highest BCUT2D eigenvalue weighted by Gasteiger charge is 2.32. The summed E-state index contributed by atoms with van der Waals surface area (Å²) < 4.78 is 16.8. The number of nitrogens with one attached hydrogen (secondary N) is 1. The van der Waals surface area contributed by atoms with Crippen molar-refractivity contribution in [3.63, 3.8) is 0 Å². The lowest BCUT2D eigenvalue weighted by molar-refractivity contribution is -0.123. The molecule has 47 heavy (non-hydrogen) atoms. The van der Waals surface area contributed by atoms with E-state index in [2.05, 4.69) is 5.32 Å². The zero-order valence-corrected chi connectivity index (χ0v) is 26.7. The molecule has 3 aliphatic heterocycles. The van der Waals surface area contributed by atoms with Gasteiger partial charge in [-0.25, -0.2) is 4.79 Å². The lowest BCUT2D eigenvalue weighted by atomic mass is 9.84. The molecule has 252 valence electrons. The van der Waals surface area contributed by atoms with Gasteiger partial charge in [0.05, 0.1) is 12.6 Å². The average Bonchev–Trinajstić information content (AvgIpc) is 3.48. The number of piperidine rings is 1. The summed E-state index contributed by atoms with van der Waals surface area (Å²) in [5.41, 5.74) is 6.06. The Kier molecular flexibility index (Phi) is 11.0. The van der Waals surface area contributed by atoms with E-state index in [0.29, 0.717) is 81.5 Å². The molecule has 0 aromatic heterocycles. The number of phenolic OH excluding ortho intramolecular Hbond substituents is 2. The van der Waals surface area contributed by atoms with Gasteiger partial charge < -0.3 is 35.5 Å². The molecule has 0 spiro atoms. The number of benzene rings is 2. The molecule has 1 saturated heterocycles. The van der Waals surface area contributed by atoms with Gasteiger partial charge in [-0.3, -0.25) is 19.3 Å². The predicted octanol–water partition coefficient (Wildman–Crippen LogP) is 3.90. The Morgan fingerprint density at radius 1 is 1.04 bits per heavy atom. The SMILES string of the molecule is C[C@H]1CCCC(=O)CCC/C=C/c2cc(O)c(C(CC(=O)NC3CCN(CC(N)=O)CC3)c3ccc4c(c3)OCO4)c(O)c2C(=O)O1. The molecule has 2 aromatic carbocycles. The van der Waals surface area contributed by atoms with Crippen molar-refractivity contribution >= 4 is 29.6 Å². The summed E-state index contributed by atoms with van der Waals surface area (Å²) in [5.74, 6) is -1.97. The molecule has 0 saturated carbocycles. The van der Waals surface area contributed by atoms with Gasteiger partial charge >= 0.3 is 5.97 Å². The summed E-state index contributed by atoms with van der Waals surface area (Å²) in [6.45, 7) is 3.16. The van der Waals surface area contributed by atoms with Gasteiger partial charge in [-0.2, -0.15) is 0 Å². The van der Waals surface area contributed by atoms with E-state index in [1.54, 1.807) is 37.3 Å². The third-order valence-electron chi connectivity index (χ3n) is 8.92. The maximum Gasteiger partial charge on any atom is 0.342 e. The first-order valence-corrected chi connectivity index (χ1v) is 16.3. The van der Waals surface area contributed by atoms with Gasteiger partial charge in [0.15, 0.2) is 11.5 Å². The van der Waals surface area contributed by atoms with E-state index in [-0.39, 0.29) is 59.9 Å². The van der Waals surface area contributed by atoms with E-state index in [4.69, 9.17) is 19.9 Å². The van der Waals surface area contributed by atoms with Crippen LogP contribution in [0.3, 0.4) is 0 Å². The molecule has 12 heteroatoms. The van der Waals surface area contributed by atoms with E-state index in [1.165, 1.54) is 6.07 Å². The molecule has 2 aromatic rings. The number of carbonyl (C=O) groups excluding carboxylic acids is 4. The van der Waals surface area contributed by atoms with Crippen molar-refractivity contribution in [2.75, 3.05) is 26.4 Å². The van der Waals surface area contributed by atoms with Crippen LogP contribution >= 0.6 is 0 Å². The molecule has 2 atom stereocenters. The number of ether oxygens (including phenoxy) is 3. The van der Waals surface area contributed by atoms with Crippen LogP contribution in [0.5, 0.6) is 23.0 Å². The van der Waals surface area contributed by atoms with Gasteiger partial charge in [0.25, 0.3) is 0 Å². The molecule has 12 nitrogen and oxygen atoms in total. The van der Waals surface area contributed by atoms with Crippen molar-refractivity contribution in [3.05, 3.63) is 52.6 Å². The summed E-state index contributed by atoms with van der Waals surface area (Å²) in [6.07, 6.45) is 7.16. The van der Waals surface area contributed by atoms with Crippen molar-refractivity contribution in [1.29, 1.82) is 0 Å². The number of likely N-dealkylation sites (tertiary alicyclic amines) is 1. The van der Waals surface area contributed by atoms with E-state index in [1.807, 2.05) is 4.90 Å². The van der Waals surface area contributed by atoms with Crippen LogP contribution in [0.15, 0.2) is 30.3 Å². The molecular weight excluding hydrogens is 606 g/mol. The van der Waals surface area contributed by atoms with Crippen LogP contribution in [0.2, 0.25) is 0 Å². The Balaban J connectivity index is 1.48. The third-order valence-corrected chi connectivity index (χ3v) is 8.92. The molecule has 1 fully saturated rings. The molecule has 3 aliphatic rings. The molecule has 2 amide bonds. The second kappa shape index (κ2) is 15.3. The number of Topliss-reactive ketones (excluding diaryl/α,β-unsaturated/α-hetero) is 1. The fourth-order valence-corrected chi connectivity index (χ4v) is 6.46. The number of fused-ring (bicyclic) bond motifs is 2. The molecule has 5 N–H and O–H groups in total. The number of ketones is 1. The number of aromatic hydroxyl groups is 2. The van der Waals surface area contributed by atoms with Gasteiger partial charge in [-0.05, 0) is 74.8 Å². The van der Waals surface area contributed by atoms with Crippen LogP contribution in [-0.2, 0) is 19.1 Å². The zero-order valence-electron chi connectivity index (χ0n) is 26.7. The topological polar surface area (TPSA) is 178 Å². The molecule has 1 unspecified atom stereocenters. The van der Waals surface area contributed by atoms with Gasteiger partial charge in [0.1, 0.15) is 22.8 Å². The number of hydrogen-bond donors (Lipinski definition) is 4. The quantitative estimate of drug-likeness (QED) is 0.322. The first-order chi connectivity index (χ1) is 22.6. The largest absolute Gasteiger partial charge is 0.507 e. The zero-order chi connectivity index (χ0) is 33.5. The minimum atomic E-state index is -0.877. The summed E-state index contributed by atoms with van der Waals surface area (Å²) in [5, 5.41) is 26.3. The lowest BCUT2D eigenvalue weighted by Gasteiger charge is -2.32. The van der Waals surface area contributed by atoms with Crippen molar-refractivity contribution < 1.29 is 43.6 Å². The van der Waals surface area contributed by atoms with Crippen molar-refractivity contribution in [1.82, 2.24) is 10.2 Å². The predicted molar refractivity (Wildman–Crippen MR) is 172 cm³/mol. The minimum absolute atomic E-state index is 0.0127. The summed E-state index contributed by atoms with van der Waals surface area (Å²) in [7, 11) is 0. The molecule has 0 radical (unpaired) electrons. The molecule has 5 rings (SSSR count). The molecule has 0 bridgehead atoms. The number of cyclic esters (lactones) is 1. The maximum absolute atomic E-state index is 13.6. The van der Waals surface area contributed by atoms with Gasteiger partial charge in [0.2, 0.25) is 18.6 Å². The van der Waals surface area contributed by atoms with Crippen molar-refractivity contribution in [3.8, 4) is 23.0 Å². The van der Waals surface area contributed by atoms with E-state index >= 15 is 0 Å². The standard InChI is InChI=1S/C35H43N3O9/c1-21-6-5-9-25(39)8-4-2-3-7-23-16-27(40)33(34(43)32(23)35(44)47-21)26(22-10-11-28-29(17-22)46-20-45-28)18-31(42)37-24-12-14-38(15-13-24)19-30(36)41/h3,7,10-11,16-17,21,24,26,40,43H,2,4-6,8-9,12-15,18-20H2,1H3,(H2,36,41)(H,37,42)/b7-3+/t21-,26?/m0/s1. The number of carbonyl (C=O) groups is 4. The average molecular weight is 650 g/mol. The van der Waals surface area contributed by atoms with Gasteiger partial charge in [-0.1, -0.05) is 18.2 Å². The second-order valence-corrected chi connectivity index (χ2v) is 12.5. The van der Waals surface area contributed by atoms with Crippen LogP contribution in [0.4, 0.5) is 0 Å². The fraction of sp³-hybridized carbons (Fsp3) is 0.486. The van der Waals surface area contributed by atoms with Gasteiger partial charge in [-0.15, -0.1) is 0 Å². The van der Waals surface area contributed by atoms with Crippen molar-refractivity contribution in [2.45, 2.75) is 82.8 Å². The number of allylic oxidation sites excluding steroid dienone is 1. The number of esters is 1. The first-order valence-electron chi connectivity index (χ1n) is 16.3. The number of hydrogen-bond acceptors (Lipinski definition) is 10. The summed E-state index contributed by atoms with van der Waals surface area (Å²) >= 11 is 0. The van der Waals surface area contributed by atoms with Gasteiger partial charge in [0, 0.05) is 49.9 Å². The first kappa shape index (κ1) is 33.8. The van der Waals surface area contributed by atoms with E-state index in [9.17, 15) is 29.4 Å². The Morgan fingerprint density at radius 3 is 2.55 bits per heavy atom. The van der Waals surface area contributed by atoms with Crippen LogP contribution in [0.1, 0.15) is 97.7 Å². The minimum Gasteiger partial charge on any atom is -0.507 e. The second-order valence-electron chi connectivity index (χ2n) is 12.5. The number of nitrogens with zero attached hydrogens (tertiary/aromatic N) is 1. The van der Waals surface area contributed by atoms with Crippen LogP contribution in [0, 0.1) is 0 Å². The summed E-state index contributed by atoms with van der Waals surface area (Å²) in [4.78, 5) is 52.6. The smallest absolute Gasteiger partial charge is 0.342 e. The molecular formula is C35H43N3O9. The van der Waals surface area contributed by atoms with E-state index < -0.39 is 29.6 Å². The van der Waals surface area contributed by atoms with Crippen LogP contribution < -0.4 is 20.5 Å². The molecule has 0 aliphatic carbocycles. The number of phenols is 2.